The van der Waals surface area contributed by atoms with Crippen LogP contribution in [0.25, 0.3) is 0 Å². The van der Waals surface area contributed by atoms with Crippen LogP contribution in [0, 0.1) is 6.92 Å². The fourth-order valence-electron chi connectivity index (χ4n) is 4.01. The molecule has 5 rings (SSSR count). The number of anilines is 2. The minimum atomic E-state index is 0.104. The summed E-state index contributed by atoms with van der Waals surface area (Å²) >= 11 is 9.71. The fourth-order valence-corrected chi connectivity index (χ4v) is 6.26. The number of thioether (sulfide) groups is 1. The molecule has 0 aromatic heterocycles. The van der Waals surface area contributed by atoms with E-state index in [0.717, 1.165) is 40.0 Å². The summed E-state index contributed by atoms with van der Waals surface area (Å²) in [5.74, 6) is 1.07. The number of hydrogen-bond acceptors (Lipinski definition) is 5. The molecule has 33 heavy (non-hydrogen) atoms. The molecular formula is C26H24ClN3OS2. The number of carbonyl (C=O) groups excluding carboxylic acids is 1. The number of hydrogen-bond donors (Lipinski definition) is 0. The van der Waals surface area contributed by atoms with Crippen LogP contribution in [0.1, 0.15) is 18.4 Å². The Kier molecular flexibility index (Phi) is 6.67. The standard InChI is InChI=1S/C26H24ClN3OS2/c1-18-11-12-19(17-20(18)27)28-26-30(14-6-16-32-26)25(31)13-15-29-21-7-2-4-9-23(21)33-24-10-5-3-8-22(24)29/h2-5,7-12,17H,6,13-16H2,1H3. The number of halogens is 1. The average Bonchev–Trinajstić information content (AvgIpc) is 2.84. The second-order valence-corrected chi connectivity index (χ2v) is 10.6. The number of para-hydroxylation sites is 2. The van der Waals surface area contributed by atoms with Gasteiger partial charge in [-0.2, -0.15) is 0 Å². The van der Waals surface area contributed by atoms with Crippen LogP contribution in [-0.4, -0.2) is 34.8 Å². The molecule has 3 aromatic rings. The Morgan fingerprint density at radius 3 is 2.42 bits per heavy atom. The van der Waals surface area contributed by atoms with Crippen LogP contribution in [-0.2, 0) is 4.79 Å². The molecule has 2 heterocycles. The van der Waals surface area contributed by atoms with Gasteiger partial charge < -0.3 is 4.90 Å². The monoisotopic (exact) mass is 493 g/mol. The van der Waals surface area contributed by atoms with Gasteiger partial charge in [-0.3, -0.25) is 9.69 Å². The van der Waals surface area contributed by atoms with E-state index in [0.29, 0.717) is 24.5 Å². The highest BCUT2D eigenvalue weighted by molar-refractivity contribution is 8.13. The summed E-state index contributed by atoms with van der Waals surface area (Å²) in [6, 6.07) is 22.6. The molecule has 168 valence electrons. The van der Waals surface area contributed by atoms with Crippen molar-refractivity contribution >= 4 is 63.3 Å². The minimum absolute atomic E-state index is 0.104. The molecule has 1 fully saturated rings. The largest absolute Gasteiger partial charge is 0.339 e. The first-order valence-corrected chi connectivity index (χ1v) is 13.2. The fraction of sp³-hybridized carbons (Fsp3) is 0.231. The van der Waals surface area contributed by atoms with E-state index in [2.05, 4.69) is 53.4 Å². The van der Waals surface area contributed by atoms with Gasteiger partial charge in [-0.25, -0.2) is 4.99 Å². The Bertz CT molecular complexity index is 1180. The Morgan fingerprint density at radius 2 is 1.73 bits per heavy atom. The van der Waals surface area contributed by atoms with Crippen molar-refractivity contribution in [2.45, 2.75) is 29.6 Å². The SMILES string of the molecule is Cc1ccc(N=C2SCCCN2C(=O)CCN2c3ccccc3Sc3ccccc32)cc1Cl. The third-order valence-electron chi connectivity index (χ3n) is 5.75. The number of fused-ring (bicyclic) bond motifs is 2. The van der Waals surface area contributed by atoms with E-state index >= 15 is 0 Å². The first-order chi connectivity index (χ1) is 16.1. The molecule has 0 radical (unpaired) electrons. The third kappa shape index (κ3) is 4.79. The van der Waals surface area contributed by atoms with E-state index in [4.69, 9.17) is 16.6 Å². The van der Waals surface area contributed by atoms with Crippen molar-refractivity contribution in [1.82, 2.24) is 4.90 Å². The highest BCUT2D eigenvalue weighted by Gasteiger charge is 2.27. The lowest BCUT2D eigenvalue weighted by molar-refractivity contribution is -0.127. The zero-order valence-electron chi connectivity index (χ0n) is 18.3. The first kappa shape index (κ1) is 22.4. The van der Waals surface area contributed by atoms with Crippen molar-refractivity contribution in [2.75, 3.05) is 23.7 Å². The molecule has 0 bridgehead atoms. The van der Waals surface area contributed by atoms with Gasteiger partial charge in [-0.15, -0.1) is 0 Å². The number of rotatable bonds is 4. The minimum Gasteiger partial charge on any atom is -0.339 e. The molecule has 4 nitrogen and oxygen atoms in total. The molecule has 0 N–H and O–H groups in total. The number of benzene rings is 3. The van der Waals surface area contributed by atoms with Gasteiger partial charge in [0.1, 0.15) is 0 Å². The highest BCUT2D eigenvalue weighted by atomic mass is 35.5. The van der Waals surface area contributed by atoms with Gasteiger partial charge in [0.05, 0.1) is 17.1 Å². The average molecular weight is 494 g/mol. The van der Waals surface area contributed by atoms with Crippen molar-refractivity contribution in [1.29, 1.82) is 0 Å². The van der Waals surface area contributed by atoms with Crippen molar-refractivity contribution in [3.63, 3.8) is 0 Å². The maximum Gasteiger partial charge on any atom is 0.230 e. The summed E-state index contributed by atoms with van der Waals surface area (Å²) in [6.07, 6.45) is 1.39. The predicted octanol–water partition coefficient (Wildman–Crippen LogP) is 7.29. The topological polar surface area (TPSA) is 35.9 Å². The molecule has 0 saturated carbocycles. The lowest BCUT2D eigenvalue weighted by atomic mass is 10.2. The molecule has 1 amide bonds. The van der Waals surface area contributed by atoms with Gasteiger partial charge in [0.15, 0.2) is 5.17 Å². The molecule has 3 aromatic carbocycles. The molecule has 0 aliphatic carbocycles. The van der Waals surface area contributed by atoms with E-state index in [1.807, 2.05) is 30.0 Å². The van der Waals surface area contributed by atoms with Crippen molar-refractivity contribution in [3.05, 3.63) is 77.3 Å². The predicted molar refractivity (Wildman–Crippen MR) is 141 cm³/mol. The second-order valence-electron chi connectivity index (χ2n) is 8.01. The summed E-state index contributed by atoms with van der Waals surface area (Å²) in [7, 11) is 0. The quantitative estimate of drug-likeness (QED) is 0.382. The zero-order chi connectivity index (χ0) is 22.8. The van der Waals surface area contributed by atoms with E-state index in [-0.39, 0.29) is 5.91 Å². The van der Waals surface area contributed by atoms with Crippen LogP contribution in [0.5, 0.6) is 0 Å². The van der Waals surface area contributed by atoms with Gasteiger partial charge in [0, 0.05) is 40.1 Å². The molecule has 2 aliphatic rings. The molecule has 0 spiro atoms. The summed E-state index contributed by atoms with van der Waals surface area (Å²) < 4.78 is 0. The number of carbonyl (C=O) groups is 1. The van der Waals surface area contributed by atoms with Gasteiger partial charge in [-0.1, -0.05) is 65.5 Å². The van der Waals surface area contributed by atoms with Gasteiger partial charge in [0.25, 0.3) is 0 Å². The maximum absolute atomic E-state index is 13.4. The Balaban J connectivity index is 1.36. The Morgan fingerprint density at radius 1 is 1.03 bits per heavy atom. The lowest BCUT2D eigenvalue weighted by Crippen LogP contribution is -2.40. The van der Waals surface area contributed by atoms with Crippen LogP contribution in [0.4, 0.5) is 17.1 Å². The normalized spacial score (nSPS) is 16.5. The summed E-state index contributed by atoms with van der Waals surface area (Å²) in [5, 5.41) is 1.46. The smallest absolute Gasteiger partial charge is 0.230 e. The number of aryl methyl sites for hydroxylation is 1. The van der Waals surface area contributed by atoms with Crippen LogP contribution >= 0.6 is 35.1 Å². The van der Waals surface area contributed by atoms with E-state index in [9.17, 15) is 4.79 Å². The number of nitrogens with zero attached hydrogens (tertiary/aromatic N) is 3. The summed E-state index contributed by atoms with van der Waals surface area (Å²) in [4.78, 5) is 24.7. The molecule has 1 saturated heterocycles. The molecule has 0 unspecified atom stereocenters. The third-order valence-corrected chi connectivity index (χ3v) is 8.35. The molecule has 0 atom stereocenters. The van der Waals surface area contributed by atoms with Crippen LogP contribution in [0.3, 0.4) is 0 Å². The van der Waals surface area contributed by atoms with Crippen molar-refractivity contribution < 1.29 is 4.79 Å². The maximum atomic E-state index is 13.4. The van der Waals surface area contributed by atoms with Crippen LogP contribution in [0.15, 0.2) is 81.5 Å². The van der Waals surface area contributed by atoms with Gasteiger partial charge >= 0.3 is 0 Å². The second kappa shape index (κ2) is 9.84. The molecular weight excluding hydrogens is 470 g/mol. The van der Waals surface area contributed by atoms with Gasteiger partial charge in [0.2, 0.25) is 5.91 Å². The lowest BCUT2D eigenvalue weighted by Gasteiger charge is -2.34. The van der Waals surface area contributed by atoms with E-state index in [1.165, 1.54) is 9.79 Å². The first-order valence-electron chi connectivity index (χ1n) is 11.0. The van der Waals surface area contributed by atoms with Crippen LogP contribution in [0.2, 0.25) is 5.02 Å². The molecule has 7 heteroatoms. The van der Waals surface area contributed by atoms with Crippen molar-refractivity contribution in [2.24, 2.45) is 4.99 Å². The number of aliphatic imine (C=N–C) groups is 1. The number of amidine groups is 1. The molecule has 2 aliphatic heterocycles. The zero-order valence-corrected chi connectivity index (χ0v) is 20.7. The summed E-state index contributed by atoms with van der Waals surface area (Å²) in [5.41, 5.74) is 4.12. The number of amides is 1. The highest BCUT2D eigenvalue weighted by Crippen LogP contribution is 2.47. The van der Waals surface area contributed by atoms with Crippen molar-refractivity contribution in [3.8, 4) is 0 Å². The van der Waals surface area contributed by atoms with Gasteiger partial charge in [-0.05, 0) is 55.3 Å². The Hall–Kier alpha value is -2.41. The Labute approximate surface area is 208 Å². The summed E-state index contributed by atoms with van der Waals surface area (Å²) in [6.45, 7) is 3.30. The van der Waals surface area contributed by atoms with E-state index in [1.54, 1.807) is 23.5 Å². The van der Waals surface area contributed by atoms with E-state index < -0.39 is 0 Å². The van der Waals surface area contributed by atoms with Crippen LogP contribution < -0.4 is 4.90 Å².